The molecule has 1 aliphatic heterocycles. The van der Waals surface area contributed by atoms with E-state index in [1.165, 1.54) is 13.8 Å². The van der Waals surface area contributed by atoms with Crippen LogP contribution in [0.3, 0.4) is 0 Å². The minimum absolute atomic E-state index is 0.0910. The van der Waals surface area contributed by atoms with E-state index >= 15 is 4.79 Å². The molecule has 2 aromatic rings. The quantitative estimate of drug-likeness (QED) is 0.123. The Kier molecular flexibility index (Phi) is 10.9. The first-order chi connectivity index (χ1) is 28.1. The van der Waals surface area contributed by atoms with E-state index in [1.807, 2.05) is 0 Å². The van der Waals surface area contributed by atoms with Crippen molar-refractivity contribution in [3.63, 3.8) is 0 Å². The smallest absolute Gasteiger partial charge is 0.408 e. The van der Waals surface area contributed by atoms with Crippen LogP contribution in [0.15, 0.2) is 71.8 Å². The van der Waals surface area contributed by atoms with Crippen LogP contribution >= 0.6 is 0 Å². The number of amides is 1. The molecule has 3 saturated carbocycles. The predicted octanol–water partition coefficient (Wildman–Crippen LogP) is 5.13. The number of hydrogen-bond acceptors (Lipinski definition) is 13. The van der Waals surface area contributed by atoms with Gasteiger partial charge in [-0.25, -0.2) is 9.59 Å². The largest absolute Gasteiger partial charge is 0.456 e. The summed E-state index contributed by atoms with van der Waals surface area (Å²) >= 11 is 0. The van der Waals surface area contributed by atoms with Crippen molar-refractivity contribution in [1.82, 2.24) is 5.32 Å². The molecule has 3 N–H and O–H groups in total. The number of rotatable bonds is 10. The van der Waals surface area contributed by atoms with Crippen LogP contribution in [-0.2, 0) is 42.9 Å². The molecule has 2 bridgehead atoms. The van der Waals surface area contributed by atoms with Crippen LogP contribution in [0.4, 0.5) is 4.79 Å². The van der Waals surface area contributed by atoms with Crippen molar-refractivity contribution in [1.29, 1.82) is 0 Å². The van der Waals surface area contributed by atoms with Crippen molar-refractivity contribution in [2.75, 3.05) is 6.61 Å². The SMILES string of the molecule is CC(=O)O[C@H]1C(=O)[C@]23C[C@H]2C[C@H]2OC[C@@]2(OC(C)=O)C3C(CC(=O)c2ccccc2)[C@]2(O)C[C@H](OC(=O)[C@H](O)[C@@H](NC(=O)OC(C)(C)C)c3ccccc3)C(C)=C1C2(C)C. The first kappa shape index (κ1) is 43.2. The monoisotopic (exact) mass is 829 g/mol. The molecule has 2 aromatic carbocycles. The third-order valence-electron chi connectivity index (χ3n) is 13.7. The number of nitrogens with one attached hydrogen (secondary N) is 1. The topological polar surface area (TPSA) is 201 Å². The van der Waals surface area contributed by atoms with Crippen molar-refractivity contribution < 1.29 is 62.7 Å². The number of Topliss-reactive ketones (excluding diaryl/α,β-unsaturated/α-hetero) is 2. The Labute approximate surface area is 349 Å². The summed E-state index contributed by atoms with van der Waals surface area (Å²) in [5, 5.41) is 28.1. The van der Waals surface area contributed by atoms with Gasteiger partial charge in [0.1, 0.15) is 17.8 Å². The van der Waals surface area contributed by atoms with E-state index in [9.17, 15) is 34.2 Å². The molecule has 1 saturated heterocycles. The van der Waals surface area contributed by atoms with Gasteiger partial charge in [0, 0.05) is 54.9 Å². The Bertz CT molecular complexity index is 2110. The zero-order chi connectivity index (χ0) is 43.7. The maximum absolute atomic E-state index is 15.5. The van der Waals surface area contributed by atoms with Gasteiger partial charge in [0.05, 0.1) is 18.2 Å². The Morgan fingerprint density at radius 1 is 0.933 bits per heavy atom. The van der Waals surface area contributed by atoms with Gasteiger partial charge >= 0.3 is 24.0 Å². The molecule has 14 heteroatoms. The normalized spacial score (nSPS) is 33.4. The van der Waals surface area contributed by atoms with Crippen molar-refractivity contribution in [2.24, 2.45) is 28.6 Å². The third-order valence-corrected chi connectivity index (χ3v) is 13.7. The molecule has 4 aliphatic carbocycles. The molecule has 4 fully saturated rings. The van der Waals surface area contributed by atoms with Gasteiger partial charge in [0.2, 0.25) is 0 Å². The van der Waals surface area contributed by atoms with Gasteiger partial charge in [-0.05, 0) is 63.2 Å². The number of esters is 3. The summed E-state index contributed by atoms with van der Waals surface area (Å²) in [6, 6.07) is 15.5. The number of carbonyl (C=O) groups is 6. The van der Waals surface area contributed by atoms with E-state index in [0.29, 0.717) is 29.5 Å². The van der Waals surface area contributed by atoms with Crippen LogP contribution in [-0.4, -0.2) is 93.6 Å². The number of aliphatic hydroxyl groups excluding tert-OH is 1. The molecule has 11 atom stereocenters. The second-order valence-electron chi connectivity index (χ2n) is 18.7. The molecule has 0 aromatic heterocycles. The summed E-state index contributed by atoms with van der Waals surface area (Å²) in [5.41, 5.74) is -5.80. The first-order valence-corrected chi connectivity index (χ1v) is 20.5. The molecule has 1 spiro atoms. The standard InChI is InChI=1S/C46H55NO13/c1-24-32(58-40(53)36(51)35(28-17-13-10-14-18-28)47-41(54)60-42(4,5)6)22-46(55)30(20-31(50)27-15-11-9-12-16-27)38-44(39(52)37(57-25(2)48)34(24)43(46,7)8)21-29(44)19-33-45(38,23-56-33)59-26(3)49/h9-18,29-30,32-33,35-38,51,55H,19-23H2,1-8H3,(H,47,54)/t29-,30?,32+,33-,35+,36-,37-,38?,44-,45+,46-/m1/s1. The summed E-state index contributed by atoms with van der Waals surface area (Å²) in [5.74, 6) is -5.75. The maximum atomic E-state index is 15.5. The number of benzene rings is 2. The van der Waals surface area contributed by atoms with Gasteiger partial charge in [-0.2, -0.15) is 0 Å². The van der Waals surface area contributed by atoms with Crippen LogP contribution in [0.5, 0.6) is 0 Å². The van der Waals surface area contributed by atoms with Crippen LogP contribution in [0, 0.1) is 28.6 Å². The zero-order valence-corrected chi connectivity index (χ0v) is 35.3. The molecule has 60 heavy (non-hydrogen) atoms. The van der Waals surface area contributed by atoms with Crippen molar-refractivity contribution in [2.45, 2.75) is 128 Å². The number of carbonyl (C=O) groups excluding carboxylic acids is 6. The number of alkyl carbamates (subject to hydrolysis) is 1. The summed E-state index contributed by atoms with van der Waals surface area (Å²) in [6.07, 6.45) is -6.34. The van der Waals surface area contributed by atoms with Crippen molar-refractivity contribution in [3.05, 3.63) is 82.9 Å². The Hall–Kier alpha value is -4.92. The van der Waals surface area contributed by atoms with E-state index < -0.39 is 99.7 Å². The van der Waals surface area contributed by atoms with E-state index in [4.69, 9.17) is 23.7 Å². The third kappa shape index (κ3) is 7.13. The number of hydrogen-bond donors (Lipinski definition) is 3. The van der Waals surface area contributed by atoms with E-state index in [-0.39, 0.29) is 36.7 Å². The van der Waals surface area contributed by atoms with Gasteiger partial charge in [0.15, 0.2) is 29.4 Å². The highest BCUT2D eigenvalue weighted by atomic mass is 16.6. The minimum Gasteiger partial charge on any atom is -0.456 e. The lowest BCUT2D eigenvalue weighted by Crippen LogP contribution is -2.76. The molecule has 1 heterocycles. The van der Waals surface area contributed by atoms with Crippen molar-refractivity contribution >= 4 is 35.6 Å². The summed E-state index contributed by atoms with van der Waals surface area (Å²) < 4.78 is 29.8. The lowest BCUT2D eigenvalue weighted by Gasteiger charge is -2.65. The summed E-state index contributed by atoms with van der Waals surface area (Å²) in [7, 11) is 0. The highest BCUT2D eigenvalue weighted by Gasteiger charge is 2.83. The maximum Gasteiger partial charge on any atom is 0.408 e. The Balaban J connectivity index is 1.37. The highest BCUT2D eigenvalue weighted by molar-refractivity contribution is 5.99. The van der Waals surface area contributed by atoms with Crippen LogP contribution < -0.4 is 5.32 Å². The molecule has 5 aliphatic rings. The van der Waals surface area contributed by atoms with Crippen LogP contribution in [0.25, 0.3) is 0 Å². The molecule has 1 amide bonds. The highest BCUT2D eigenvalue weighted by Crippen LogP contribution is 2.76. The number of fused-ring (bicyclic) bond motifs is 4. The number of ether oxygens (including phenoxy) is 5. The first-order valence-electron chi connectivity index (χ1n) is 20.5. The molecule has 322 valence electrons. The second kappa shape index (κ2) is 15.2. The Morgan fingerprint density at radius 3 is 2.13 bits per heavy atom. The van der Waals surface area contributed by atoms with Gasteiger partial charge < -0.3 is 39.2 Å². The zero-order valence-electron chi connectivity index (χ0n) is 35.3. The van der Waals surface area contributed by atoms with Crippen LogP contribution in [0.1, 0.15) is 103 Å². The minimum atomic E-state index is -2.02. The van der Waals surface area contributed by atoms with Gasteiger partial charge in [-0.3, -0.25) is 19.2 Å². The molecule has 7 rings (SSSR count). The fourth-order valence-electron chi connectivity index (χ4n) is 11.0. The van der Waals surface area contributed by atoms with Crippen LogP contribution in [0.2, 0.25) is 0 Å². The molecule has 0 radical (unpaired) electrons. The fraction of sp³-hybridized carbons (Fsp3) is 0.565. The fourth-order valence-corrected chi connectivity index (χ4v) is 11.0. The summed E-state index contributed by atoms with van der Waals surface area (Å²) in [6.45, 7) is 12.4. The van der Waals surface area contributed by atoms with E-state index in [0.717, 1.165) is 0 Å². The molecule has 2 unspecified atom stereocenters. The van der Waals surface area contributed by atoms with Crippen molar-refractivity contribution in [3.8, 4) is 0 Å². The average Bonchev–Trinajstić information content (AvgIpc) is 3.90. The number of aliphatic hydroxyl groups is 2. The molecular weight excluding hydrogens is 774 g/mol. The van der Waals surface area contributed by atoms with E-state index in [2.05, 4.69) is 5.32 Å². The summed E-state index contributed by atoms with van der Waals surface area (Å²) in [4.78, 5) is 83.2. The lowest BCUT2D eigenvalue weighted by molar-refractivity contribution is -0.316. The second-order valence-corrected chi connectivity index (χ2v) is 18.7. The molecule has 14 nitrogen and oxygen atoms in total. The van der Waals surface area contributed by atoms with Gasteiger partial charge in [0.25, 0.3) is 0 Å². The van der Waals surface area contributed by atoms with Gasteiger partial charge in [-0.1, -0.05) is 74.5 Å². The van der Waals surface area contributed by atoms with Gasteiger partial charge in [-0.15, -0.1) is 0 Å². The van der Waals surface area contributed by atoms with E-state index in [1.54, 1.807) is 102 Å². The Morgan fingerprint density at radius 2 is 1.57 bits per heavy atom. The lowest BCUT2D eigenvalue weighted by atomic mass is 9.45. The average molecular weight is 830 g/mol. The predicted molar refractivity (Wildman–Crippen MR) is 213 cm³/mol. The molecular formula is C46H55NO13. The number of ketones is 2.